The van der Waals surface area contributed by atoms with Crippen LogP contribution in [0.3, 0.4) is 0 Å². The normalized spacial score (nSPS) is 11.2. The van der Waals surface area contributed by atoms with Gasteiger partial charge in [-0.05, 0) is 57.2 Å². The first-order chi connectivity index (χ1) is 12.7. The molecule has 0 saturated carbocycles. The lowest BCUT2D eigenvalue weighted by Gasteiger charge is -2.12. The predicted molar refractivity (Wildman–Crippen MR) is 113 cm³/mol. The molecule has 0 aliphatic carbocycles. The van der Waals surface area contributed by atoms with Gasteiger partial charge in [0.25, 0.3) is 5.91 Å². The molecule has 0 spiro atoms. The molecule has 0 atom stereocenters. The molecule has 0 aromatic heterocycles. The molecule has 0 bridgehead atoms. The molecule has 0 heterocycles. The van der Waals surface area contributed by atoms with Gasteiger partial charge >= 0.3 is 0 Å². The molecule has 26 heavy (non-hydrogen) atoms. The van der Waals surface area contributed by atoms with E-state index >= 15 is 0 Å². The molecule has 0 saturated heterocycles. The standard InChI is InChI=1S/C23H20BrNO/c1-2-17-13-14-22(21(24)16-17)25-23(26)20(19-11-7-4-8-12-19)15-18-9-5-3-6-10-18/h3-16H,2H2,1H3,(H,25,26)/b20-15+. The number of halogens is 1. The van der Waals surface area contributed by atoms with Gasteiger partial charge in [0, 0.05) is 10.0 Å². The average molecular weight is 406 g/mol. The number of hydrogen-bond acceptors (Lipinski definition) is 1. The highest BCUT2D eigenvalue weighted by atomic mass is 79.9. The number of rotatable bonds is 5. The van der Waals surface area contributed by atoms with Gasteiger partial charge < -0.3 is 5.32 Å². The van der Waals surface area contributed by atoms with Crippen molar-refractivity contribution in [3.8, 4) is 0 Å². The molecule has 0 aliphatic heterocycles. The number of benzene rings is 3. The zero-order valence-corrected chi connectivity index (χ0v) is 16.2. The maximum Gasteiger partial charge on any atom is 0.256 e. The molecular weight excluding hydrogens is 386 g/mol. The number of carbonyl (C=O) groups is 1. The molecule has 3 rings (SSSR count). The lowest BCUT2D eigenvalue weighted by Crippen LogP contribution is -2.14. The summed E-state index contributed by atoms with van der Waals surface area (Å²) in [5.41, 5.74) is 4.49. The number of aryl methyl sites for hydroxylation is 1. The molecular formula is C23H20BrNO. The Hall–Kier alpha value is -2.65. The van der Waals surface area contributed by atoms with E-state index in [0.29, 0.717) is 5.57 Å². The van der Waals surface area contributed by atoms with E-state index in [1.165, 1.54) is 5.56 Å². The summed E-state index contributed by atoms with van der Waals surface area (Å²) in [5, 5.41) is 3.03. The van der Waals surface area contributed by atoms with Crippen molar-refractivity contribution in [3.63, 3.8) is 0 Å². The first-order valence-electron chi connectivity index (χ1n) is 8.59. The second-order valence-electron chi connectivity index (χ2n) is 5.96. The highest BCUT2D eigenvalue weighted by Crippen LogP contribution is 2.26. The first kappa shape index (κ1) is 18.2. The van der Waals surface area contributed by atoms with Crippen molar-refractivity contribution in [2.24, 2.45) is 0 Å². The van der Waals surface area contributed by atoms with Crippen molar-refractivity contribution in [3.05, 3.63) is 100 Å². The number of amides is 1. The third-order valence-electron chi connectivity index (χ3n) is 4.13. The number of carbonyl (C=O) groups excluding carboxylic acids is 1. The maximum atomic E-state index is 13.0. The zero-order chi connectivity index (χ0) is 18.4. The molecule has 3 heteroatoms. The third kappa shape index (κ3) is 4.50. The Kier molecular flexibility index (Phi) is 6.03. The quantitative estimate of drug-likeness (QED) is 0.397. The minimum atomic E-state index is -0.134. The van der Waals surface area contributed by atoms with Gasteiger partial charge in [-0.3, -0.25) is 4.79 Å². The van der Waals surface area contributed by atoms with Crippen LogP contribution < -0.4 is 5.32 Å². The minimum absolute atomic E-state index is 0.134. The fourth-order valence-electron chi connectivity index (χ4n) is 2.68. The third-order valence-corrected chi connectivity index (χ3v) is 4.79. The van der Waals surface area contributed by atoms with E-state index < -0.39 is 0 Å². The van der Waals surface area contributed by atoms with Crippen LogP contribution in [0.15, 0.2) is 83.3 Å². The topological polar surface area (TPSA) is 29.1 Å². The molecule has 0 radical (unpaired) electrons. The van der Waals surface area contributed by atoms with Gasteiger partial charge in [0.1, 0.15) is 0 Å². The molecule has 2 nitrogen and oxygen atoms in total. The van der Waals surface area contributed by atoms with Gasteiger partial charge in [0.05, 0.1) is 5.69 Å². The van der Waals surface area contributed by atoms with E-state index in [1.54, 1.807) is 0 Å². The lowest BCUT2D eigenvalue weighted by molar-refractivity contribution is -0.111. The van der Waals surface area contributed by atoms with Gasteiger partial charge in [-0.1, -0.05) is 73.7 Å². The summed E-state index contributed by atoms with van der Waals surface area (Å²) in [6.45, 7) is 2.11. The summed E-state index contributed by atoms with van der Waals surface area (Å²) < 4.78 is 0.886. The monoisotopic (exact) mass is 405 g/mol. The SMILES string of the molecule is CCc1ccc(NC(=O)/C(=C/c2ccccc2)c2ccccc2)c(Br)c1. The van der Waals surface area contributed by atoms with Gasteiger partial charge in [-0.25, -0.2) is 0 Å². The molecule has 3 aromatic carbocycles. The largest absolute Gasteiger partial charge is 0.321 e. The van der Waals surface area contributed by atoms with Crippen molar-refractivity contribution in [1.82, 2.24) is 0 Å². The van der Waals surface area contributed by atoms with E-state index in [2.05, 4.69) is 28.2 Å². The maximum absolute atomic E-state index is 13.0. The Bertz CT molecular complexity index is 917. The molecule has 0 fully saturated rings. The zero-order valence-electron chi connectivity index (χ0n) is 14.6. The summed E-state index contributed by atoms with van der Waals surface area (Å²) in [6, 6.07) is 25.6. The van der Waals surface area contributed by atoms with E-state index in [4.69, 9.17) is 0 Å². The molecule has 130 valence electrons. The van der Waals surface area contributed by atoms with Crippen LogP contribution in [-0.2, 0) is 11.2 Å². The van der Waals surface area contributed by atoms with E-state index in [1.807, 2.05) is 84.9 Å². The Labute approximate surface area is 162 Å². The lowest BCUT2D eigenvalue weighted by atomic mass is 10.0. The summed E-state index contributed by atoms with van der Waals surface area (Å²) in [7, 11) is 0. The van der Waals surface area contributed by atoms with E-state index in [-0.39, 0.29) is 5.91 Å². The minimum Gasteiger partial charge on any atom is -0.321 e. The van der Waals surface area contributed by atoms with Crippen molar-refractivity contribution >= 4 is 39.2 Å². The summed E-state index contributed by atoms with van der Waals surface area (Å²) in [6.07, 6.45) is 2.87. The van der Waals surface area contributed by atoms with Gasteiger partial charge in [0.15, 0.2) is 0 Å². The van der Waals surface area contributed by atoms with Crippen molar-refractivity contribution in [1.29, 1.82) is 0 Å². The van der Waals surface area contributed by atoms with Crippen LogP contribution in [0.2, 0.25) is 0 Å². The fraction of sp³-hybridized carbons (Fsp3) is 0.0870. The van der Waals surface area contributed by atoms with Gasteiger partial charge in [0.2, 0.25) is 0 Å². The number of hydrogen-bond donors (Lipinski definition) is 1. The summed E-state index contributed by atoms with van der Waals surface area (Å²) >= 11 is 3.55. The fourth-order valence-corrected chi connectivity index (χ4v) is 3.21. The Morgan fingerprint density at radius 1 is 0.962 bits per heavy atom. The summed E-state index contributed by atoms with van der Waals surface area (Å²) in [4.78, 5) is 13.0. The number of anilines is 1. The second-order valence-corrected chi connectivity index (χ2v) is 6.81. The Morgan fingerprint density at radius 3 is 2.23 bits per heavy atom. The molecule has 3 aromatic rings. The van der Waals surface area contributed by atoms with Crippen LogP contribution in [0, 0.1) is 0 Å². The molecule has 1 amide bonds. The average Bonchev–Trinajstić information content (AvgIpc) is 2.69. The molecule has 0 aliphatic rings. The van der Waals surface area contributed by atoms with Crippen LogP contribution in [0.25, 0.3) is 11.6 Å². The van der Waals surface area contributed by atoms with Crippen molar-refractivity contribution < 1.29 is 4.79 Å². The Morgan fingerprint density at radius 2 is 1.62 bits per heavy atom. The smallest absolute Gasteiger partial charge is 0.256 e. The molecule has 0 unspecified atom stereocenters. The summed E-state index contributed by atoms with van der Waals surface area (Å²) in [5.74, 6) is -0.134. The van der Waals surface area contributed by atoms with E-state index in [0.717, 1.165) is 27.7 Å². The second kappa shape index (κ2) is 8.63. The molecule has 1 N–H and O–H groups in total. The van der Waals surface area contributed by atoms with Crippen LogP contribution >= 0.6 is 15.9 Å². The van der Waals surface area contributed by atoms with Gasteiger partial charge in [-0.2, -0.15) is 0 Å². The van der Waals surface area contributed by atoms with Crippen molar-refractivity contribution in [2.45, 2.75) is 13.3 Å². The highest BCUT2D eigenvalue weighted by molar-refractivity contribution is 9.10. The van der Waals surface area contributed by atoms with Gasteiger partial charge in [-0.15, -0.1) is 0 Å². The van der Waals surface area contributed by atoms with Crippen molar-refractivity contribution in [2.75, 3.05) is 5.32 Å². The number of nitrogens with one attached hydrogen (secondary N) is 1. The Balaban J connectivity index is 1.94. The van der Waals surface area contributed by atoms with Crippen LogP contribution in [0.5, 0.6) is 0 Å². The highest BCUT2D eigenvalue weighted by Gasteiger charge is 2.14. The van der Waals surface area contributed by atoms with Crippen LogP contribution in [0.4, 0.5) is 5.69 Å². The van der Waals surface area contributed by atoms with E-state index in [9.17, 15) is 4.79 Å². The van der Waals surface area contributed by atoms with Crippen LogP contribution in [-0.4, -0.2) is 5.91 Å². The predicted octanol–water partition coefficient (Wildman–Crippen LogP) is 6.19. The first-order valence-corrected chi connectivity index (χ1v) is 9.38. The van der Waals surface area contributed by atoms with Crippen LogP contribution in [0.1, 0.15) is 23.6 Å².